The van der Waals surface area contributed by atoms with Crippen LogP contribution in [0.3, 0.4) is 0 Å². The summed E-state index contributed by atoms with van der Waals surface area (Å²) in [6, 6.07) is 18.1. The number of aromatic nitrogens is 1. The van der Waals surface area contributed by atoms with Crippen LogP contribution in [0, 0.1) is 0 Å². The van der Waals surface area contributed by atoms with Gasteiger partial charge in [0.1, 0.15) is 5.52 Å². The van der Waals surface area contributed by atoms with Crippen LogP contribution in [-0.4, -0.2) is 46.9 Å². The number of hydrogen-bond acceptors (Lipinski definition) is 4. The second kappa shape index (κ2) is 8.57. The molecule has 5 heteroatoms. The molecular formula is C23H27N3O2. The SMILES string of the molecule is CCN(Cc1ccccc1)C(=O)CN1CCC(c2nc3ccccc3o2)CC1. The Kier molecular flexibility index (Phi) is 5.72. The maximum Gasteiger partial charge on any atom is 0.237 e. The van der Waals surface area contributed by atoms with Crippen molar-refractivity contribution in [2.75, 3.05) is 26.2 Å². The molecule has 1 saturated heterocycles. The van der Waals surface area contributed by atoms with Gasteiger partial charge in [-0.1, -0.05) is 42.5 Å². The molecule has 0 unspecified atom stereocenters. The summed E-state index contributed by atoms with van der Waals surface area (Å²) >= 11 is 0. The van der Waals surface area contributed by atoms with Crippen LogP contribution >= 0.6 is 0 Å². The second-order valence-corrected chi connectivity index (χ2v) is 7.46. The normalized spacial score (nSPS) is 15.8. The van der Waals surface area contributed by atoms with Gasteiger partial charge in [-0.25, -0.2) is 4.98 Å². The summed E-state index contributed by atoms with van der Waals surface area (Å²) in [5.74, 6) is 1.38. The van der Waals surface area contributed by atoms with Gasteiger partial charge in [0.25, 0.3) is 0 Å². The summed E-state index contributed by atoms with van der Waals surface area (Å²) in [6.07, 6.45) is 1.95. The summed E-state index contributed by atoms with van der Waals surface area (Å²) in [5, 5.41) is 0. The molecule has 4 rings (SSSR count). The Morgan fingerprint density at radius 1 is 1.11 bits per heavy atom. The molecule has 0 N–H and O–H groups in total. The Hall–Kier alpha value is -2.66. The van der Waals surface area contributed by atoms with Gasteiger partial charge in [-0.2, -0.15) is 0 Å². The van der Waals surface area contributed by atoms with Crippen molar-refractivity contribution >= 4 is 17.0 Å². The minimum atomic E-state index is 0.201. The number of nitrogens with zero attached hydrogens (tertiary/aromatic N) is 3. The molecule has 2 heterocycles. The summed E-state index contributed by atoms with van der Waals surface area (Å²) in [4.78, 5) is 21.6. The highest BCUT2D eigenvalue weighted by Gasteiger charge is 2.26. The molecule has 2 aromatic carbocycles. The first-order chi connectivity index (χ1) is 13.7. The van der Waals surface area contributed by atoms with Crippen LogP contribution in [-0.2, 0) is 11.3 Å². The van der Waals surface area contributed by atoms with Crippen LogP contribution < -0.4 is 0 Å². The summed E-state index contributed by atoms with van der Waals surface area (Å²) in [5.41, 5.74) is 2.96. The molecule has 0 bridgehead atoms. The van der Waals surface area contributed by atoms with Crippen molar-refractivity contribution in [2.45, 2.75) is 32.2 Å². The lowest BCUT2D eigenvalue weighted by atomic mass is 9.97. The van der Waals surface area contributed by atoms with Crippen LogP contribution in [0.4, 0.5) is 0 Å². The number of oxazole rings is 1. The minimum absolute atomic E-state index is 0.201. The summed E-state index contributed by atoms with van der Waals surface area (Å²) in [6.45, 7) is 5.74. The number of carbonyl (C=O) groups is 1. The number of amides is 1. The molecule has 1 aliphatic rings. The van der Waals surface area contributed by atoms with Crippen molar-refractivity contribution in [3.63, 3.8) is 0 Å². The molecule has 1 amide bonds. The molecule has 1 aliphatic heterocycles. The number of para-hydroxylation sites is 2. The quantitative estimate of drug-likeness (QED) is 0.650. The highest BCUT2D eigenvalue weighted by Crippen LogP contribution is 2.29. The van der Waals surface area contributed by atoms with E-state index in [-0.39, 0.29) is 5.91 Å². The molecule has 5 nitrogen and oxygen atoms in total. The van der Waals surface area contributed by atoms with Crippen molar-refractivity contribution in [3.05, 3.63) is 66.1 Å². The molecule has 0 radical (unpaired) electrons. The number of fused-ring (bicyclic) bond motifs is 1. The Morgan fingerprint density at radius 3 is 2.54 bits per heavy atom. The average Bonchev–Trinajstić information content (AvgIpc) is 3.17. The molecule has 3 aromatic rings. The van der Waals surface area contributed by atoms with Crippen molar-refractivity contribution < 1.29 is 9.21 Å². The third kappa shape index (κ3) is 4.25. The number of benzene rings is 2. The van der Waals surface area contributed by atoms with E-state index in [1.165, 1.54) is 5.56 Å². The molecular weight excluding hydrogens is 350 g/mol. The number of hydrogen-bond donors (Lipinski definition) is 0. The van der Waals surface area contributed by atoms with Crippen LogP contribution in [0.25, 0.3) is 11.1 Å². The lowest BCUT2D eigenvalue weighted by molar-refractivity contribution is -0.133. The summed E-state index contributed by atoms with van der Waals surface area (Å²) in [7, 11) is 0. The van der Waals surface area contributed by atoms with E-state index < -0.39 is 0 Å². The maximum atomic E-state index is 12.8. The van der Waals surface area contributed by atoms with Gasteiger partial charge in [-0.05, 0) is 50.6 Å². The van der Waals surface area contributed by atoms with Crippen LogP contribution in [0.2, 0.25) is 0 Å². The third-order valence-corrected chi connectivity index (χ3v) is 5.56. The van der Waals surface area contributed by atoms with E-state index in [4.69, 9.17) is 4.42 Å². The predicted molar refractivity (Wildman–Crippen MR) is 110 cm³/mol. The largest absolute Gasteiger partial charge is 0.440 e. The van der Waals surface area contributed by atoms with Gasteiger partial charge in [0.2, 0.25) is 5.91 Å². The van der Waals surface area contributed by atoms with E-state index in [2.05, 4.69) is 22.0 Å². The second-order valence-electron chi connectivity index (χ2n) is 7.46. The van der Waals surface area contributed by atoms with Crippen LogP contribution in [0.15, 0.2) is 59.0 Å². The molecule has 28 heavy (non-hydrogen) atoms. The maximum absolute atomic E-state index is 12.8. The first-order valence-electron chi connectivity index (χ1n) is 10.1. The van der Waals surface area contributed by atoms with Gasteiger partial charge < -0.3 is 9.32 Å². The zero-order valence-electron chi connectivity index (χ0n) is 16.4. The van der Waals surface area contributed by atoms with Gasteiger partial charge in [0.15, 0.2) is 11.5 Å². The van der Waals surface area contributed by atoms with Gasteiger partial charge >= 0.3 is 0 Å². The number of rotatable bonds is 6. The zero-order chi connectivity index (χ0) is 19.3. The Bertz CT molecular complexity index is 881. The van der Waals surface area contributed by atoms with Gasteiger partial charge in [0.05, 0.1) is 6.54 Å². The van der Waals surface area contributed by atoms with E-state index in [0.29, 0.717) is 19.0 Å². The smallest absolute Gasteiger partial charge is 0.237 e. The number of piperidine rings is 1. The first kappa shape index (κ1) is 18.7. The monoisotopic (exact) mass is 377 g/mol. The number of likely N-dealkylation sites (N-methyl/N-ethyl adjacent to an activating group) is 1. The van der Waals surface area contributed by atoms with Crippen molar-refractivity contribution in [3.8, 4) is 0 Å². The lowest BCUT2D eigenvalue weighted by Crippen LogP contribution is -2.43. The first-order valence-corrected chi connectivity index (χ1v) is 10.1. The highest BCUT2D eigenvalue weighted by atomic mass is 16.3. The number of likely N-dealkylation sites (tertiary alicyclic amines) is 1. The molecule has 0 saturated carbocycles. The van der Waals surface area contributed by atoms with Crippen molar-refractivity contribution in [1.29, 1.82) is 0 Å². The Morgan fingerprint density at radius 2 is 1.82 bits per heavy atom. The number of carbonyl (C=O) groups excluding carboxylic acids is 1. The van der Waals surface area contributed by atoms with Gasteiger partial charge in [-0.15, -0.1) is 0 Å². The fourth-order valence-electron chi connectivity index (χ4n) is 3.87. The molecule has 1 fully saturated rings. The molecule has 0 aliphatic carbocycles. The van der Waals surface area contributed by atoms with E-state index >= 15 is 0 Å². The zero-order valence-corrected chi connectivity index (χ0v) is 16.4. The van der Waals surface area contributed by atoms with Crippen LogP contribution in [0.5, 0.6) is 0 Å². The molecule has 1 aromatic heterocycles. The molecule has 146 valence electrons. The molecule has 0 atom stereocenters. The fraction of sp³-hybridized carbons (Fsp3) is 0.391. The Labute approximate surface area is 166 Å². The predicted octanol–water partition coefficient (Wildman–Crippen LogP) is 4.06. The van der Waals surface area contributed by atoms with Gasteiger partial charge in [0, 0.05) is 19.0 Å². The average molecular weight is 377 g/mol. The van der Waals surface area contributed by atoms with E-state index in [9.17, 15) is 4.79 Å². The van der Waals surface area contributed by atoms with Crippen molar-refractivity contribution in [1.82, 2.24) is 14.8 Å². The van der Waals surface area contributed by atoms with Crippen molar-refractivity contribution in [2.24, 2.45) is 0 Å². The Balaban J connectivity index is 1.31. The summed E-state index contributed by atoms with van der Waals surface area (Å²) < 4.78 is 5.94. The van der Waals surface area contributed by atoms with E-state index in [1.54, 1.807) is 0 Å². The molecule has 0 spiro atoms. The highest BCUT2D eigenvalue weighted by molar-refractivity contribution is 5.78. The third-order valence-electron chi connectivity index (χ3n) is 5.56. The van der Waals surface area contributed by atoms with E-state index in [0.717, 1.165) is 49.5 Å². The van der Waals surface area contributed by atoms with E-state index in [1.807, 2.05) is 54.3 Å². The topological polar surface area (TPSA) is 49.6 Å². The van der Waals surface area contributed by atoms with Crippen LogP contribution in [0.1, 0.15) is 37.1 Å². The minimum Gasteiger partial charge on any atom is -0.440 e. The lowest BCUT2D eigenvalue weighted by Gasteiger charge is -2.32. The standard InChI is InChI=1S/C23H27N3O2/c1-2-26(16-18-8-4-3-5-9-18)22(27)17-25-14-12-19(13-15-25)23-24-20-10-6-7-11-21(20)28-23/h3-11,19H,2,12-17H2,1H3. The fourth-order valence-corrected chi connectivity index (χ4v) is 3.87. The van der Waals surface area contributed by atoms with Gasteiger partial charge in [-0.3, -0.25) is 9.69 Å².